The second kappa shape index (κ2) is 56.9. The van der Waals surface area contributed by atoms with Gasteiger partial charge in [-0.3, -0.25) is 14.4 Å². The van der Waals surface area contributed by atoms with E-state index in [1.54, 1.807) is 0 Å². The molecule has 0 rings (SSSR count). The van der Waals surface area contributed by atoms with Crippen LogP contribution in [0.4, 0.5) is 0 Å². The van der Waals surface area contributed by atoms with Gasteiger partial charge in [0.05, 0.1) is 0 Å². The summed E-state index contributed by atoms with van der Waals surface area (Å²) in [6.45, 7) is 6.42. The normalized spacial score (nSPS) is 12.8. The molecule has 0 saturated carbocycles. The molecule has 1 atom stereocenters. The molecule has 0 amide bonds. The monoisotopic (exact) mass is 959 g/mol. The van der Waals surface area contributed by atoms with E-state index in [0.717, 1.165) is 128 Å². The van der Waals surface area contributed by atoms with Gasteiger partial charge in [-0.1, -0.05) is 227 Å². The minimum Gasteiger partial charge on any atom is -0.462 e. The van der Waals surface area contributed by atoms with Crippen LogP contribution in [0.3, 0.4) is 0 Å². The molecule has 1 unspecified atom stereocenters. The molecule has 0 aliphatic carbocycles. The van der Waals surface area contributed by atoms with E-state index in [1.807, 2.05) is 0 Å². The van der Waals surface area contributed by atoms with Crippen LogP contribution >= 0.6 is 0 Å². The molecule has 0 spiro atoms. The van der Waals surface area contributed by atoms with E-state index < -0.39 is 6.10 Å². The molecule has 0 aromatic rings. The lowest BCUT2D eigenvalue weighted by atomic mass is 10.1. The second-order valence-electron chi connectivity index (χ2n) is 18.8. The number of carbonyl (C=O) groups is 3. The molecule has 0 saturated heterocycles. The summed E-state index contributed by atoms with van der Waals surface area (Å²) in [7, 11) is 0. The first-order valence-electron chi connectivity index (χ1n) is 28.7. The van der Waals surface area contributed by atoms with Crippen molar-refractivity contribution in [3.05, 3.63) is 97.2 Å². The van der Waals surface area contributed by atoms with Gasteiger partial charge in [0.2, 0.25) is 0 Å². The average Bonchev–Trinajstić information content (AvgIpc) is 3.35. The van der Waals surface area contributed by atoms with Crippen molar-refractivity contribution < 1.29 is 28.6 Å². The maximum absolute atomic E-state index is 12.9. The Bertz CT molecular complexity index is 1380. The van der Waals surface area contributed by atoms with Crippen molar-refractivity contribution in [3.63, 3.8) is 0 Å². The van der Waals surface area contributed by atoms with Gasteiger partial charge >= 0.3 is 17.9 Å². The van der Waals surface area contributed by atoms with E-state index >= 15 is 0 Å². The van der Waals surface area contributed by atoms with Crippen molar-refractivity contribution in [2.75, 3.05) is 13.2 Å². The van der Waals surface area contributed by atoms with Crippen molar-refractivity contribution >= 4 is 17.9 Å². The van der Waals surface area contributed by atoms with Gasteiger partial charge in [0.1, 0.15) is 13.2 Å². The van der Waals surface area contributed by atoms with Crippen LogP contribution < -0.4 is 0 Å². The highest BCUT2D eigenvalue weighted by Gasteiger charge is 2.19. The van der Waals surface area contributed by atoms with Gasteiger partial charge in [0.15, 0.2) is 6.10 Å². The summed E-state index contributed by atoms with van der Waals surface area (Å²) < 4.78 is 16.8. The van der Waals surface area contributed by atoms with Crippen LogP contribution in [0.1, 0.15) is 265 Å². The summed E-state index contributed by atoms with van der Waals surface area (Å²) in [6, 6.07) is 0. The average molecular weight is 960 g/mol. The Morgan fingerprint density at radius 2 is 0.594 bits per heavy atom. The number of hydrogen-bond acceptors (Lipinski definition) is 6. The van der Waals surface area contributed by atoms with Gasteiger partial charge in [0.25, 0.3) is 0 Å². The predicted molar refractivity (Wildman–Crippen MR) is 297 cm³/mol. The minimum atomic E-state index is -0.799. The SMILES string of the molecule is CC/C=C\C/C=C\C/C=C\C/C=C\C/C=C\CCCCCC(=O)OCC(COC(=O)CCCCCCC/C=C\C/C=C\CCC)OC(=O)CCCCCCCCCCC/C=C\CCCCCCCC. The molecule has 0 heterocycles. The number of allylic oxidation sites excluding steroid dienone is 16. The fourth-order valence-electron chi connectivity index (χ4n) is 7.74. The van der Waals surface area contributed by atoms with Crippen LogP contribution in [0.15, 0.2) is 97.2 Å². The molecular formula is C63H106O6. The van der Waals surface area contributed by atoms with E-state index in [0.29, 0.717) is 19.3 Å². The zero-order chi connectivity index (χ0) is 50.0. The molecule has 0 aliphatic rings. The quantitative estimate of drug-likeness (QED) is 0.0262. The zero-order valence-electron chi connectivity index (χ0n) is 45.0. The number of carbonyl (C=O) groups excluding carboxylic acids is 3. The number of esters is 3. The Kier molecular flexibility index (Phi) is 53.9. The maximum Gasteiger partial charge on any atom is 0.306 e. The van der Waals surface area contributed by atoms with Crippen LogP contribution in [0, 0.1) is 0 Å². The lowest BCUT2D eigenvalue weighted by molar-refractivity contribution is -0.167. The number of ether oxygens (including phenoxy) is 3. The molecule has 394 valence electrons. The minimum absolute atomic E-state index is 0.0967. The topological polar surface area (TPSA) is 78.9 Å². The number of unbranched alkanes of at least 4 members (excludes halogenated alkanes) is 24. The van der Waals surface area contributed by atoms with Crippen LogP contribution in [0.5, 0.6) is 0 Å². The largest absolute Gasteiger partial charge is 0.462 e. The molecule has 0 N–H and O–H groups in total. The van der Waals surface area contributed by atoms with E-state index in [9.17, 15) is 14.4 Å². The Hall–Kier alpha value is -3.67. The molecule has 0 fully saturated rings. The van der Waals surface area contributed by atoms with Crippen LogP contribution in [0.2, 0.25) is 0 Å². The first-order valence-corrected chi connectivity index (χ1v) is 28.7. The number of rotatable bonds is 51. The molecule has 0 bridgehead atoms. The first kappa shape index (κ1) is 65.3. The third kappa shape index (κ3) is 55.1. The van der Waals surface area contributed by atoms with Crippen LogP contribution in [-0.2, 0) is 28.6 Å². The molecule has 0 aromatic heterocycles. The Morgan fingerprint density at radius 3 is 0.971 bits per heavy atom. The standard InChI is InChI=1S/C63H106O6/c1-4-7-10-13-16-19-22-25-27-29-31-33-35-38-41-44-47-50-53-56-62(65)68-59-60(58-67-61(64)55-52-49-46-43-40-37-24-21-18-15-12-9-6-3)69-63(66)57-54-51-48-45-42-39-36-34-32-30-28-26-23-20-17-14-11-8-5-2/h7,10,12,15-16,19,21,24-28,31,33,38,41,60H,4-6,8-9,11,13-14,17-18,20,22-23,29-30,32,34-37,39-40,42-59H2,1-3H3/b10-7-,15-12-,19-16-,24-21-,27-25-,28-26-,33-31-,41-38-. The summed E-state index contributed by atoms with van der Waals surface area (Å²) in [5.74, 6) is -0.942. The summed E-state index contributed by atoms with van der Waals surface area (Å²) in [6.07, 6.45) is 75.4. The summed E-state index contributed by atoms with van der Waals surface area (Å²) in [4.78, 5) is 38.1. The molecule has 6 nitrogen and oxygen atoms in total. The Balaban J connectivity index is 4.44. The molecule has 0 aliphatic heterocycles. The highest BCUT2D eigenvalue weighted by molar-refractivity contribution is 5.71. The molecular weight excluding hydrogens is 853 g/mol. The van der Waals surface area contributed by atoms with Gasteiger partial charge in [-0.05, 0) is 116 Å². The molecule has 0 radical (unpaired) electrons. The molecule has 69 heavy (non-hydrogen) atoms. The molecule has 6 heteroatoms. The third-order valence-corrected chi connectivity index (χ3v) is 12.0. The fourth-order valence-corrected chi connectivity index (χ4v) is 7.74. The zero-order valence-corrected chi connectivity index (χ0v) is 45.0. The highest BCUT2D eigenvalue weighted by Crippen LogP contribution is 2.15. The fraction of sp³-hybridized carbons (Fsp3) is 0.698. The van der Waals surface area contributed by atoms with E-state index in [2.05, 4.69) is 118 Å². The molecule has 0 aromatic carbocycles. The van der Waals surface area contributed by atoms with Gasteiger partial charge in [-0.25, -0.2) is 0 Å². The van der Waals surface area contributed by atoms with Gasteiger partial charge in [0, 0.05) is 19.3 Å². The predicted octanol–water partition coefficient (Wildman–Crippen LogP) is 19.3. The van der Waals surface area contributed by atoms with Crippen molar-refractivity contribution in [3.8, 4) is 0 Å². The maximum atomic E-state index is 12.9. The smallest absolute Gasteiger partial charge is 0.306 e. The van der Waals surface area contributed by atoms with E-state index in [-0.39, 0.29) is 31.1 Å². The Labute approximate surface area is 426 Å². The highest BCUT2D eigenvalue weighted by atomic mass is 16.6. The van der Waals surface area contributed by atoms with Crippen molar-refractivity contribution in [2.45, 2.75) is 271 Å². The number of hydrogen-bond donors (Lipinski definition) is 0. The second-order valence-corrected chi connectivity index (χ2v) is 18.8. The lowest BCUT2D eigenvalue weighted by Gasteiger charge is -2.18. The van der Waals surface area contributed by atoms with Crippen molar-refractivity contribution in [2.24, 2.45) is 0 Å². The van der Waals surface area contributed by atoms with Crippen LogP contribution in [-0.4, -0.2) is 37.2 Å². The van der Waals surface area contributed by atoms with Gasteiger partial charge < -0.3 is 14.2 Å². The van der Waals surface area contributed by atoms with Gasteiger partial charge in [-0.15, -0.1) is 0 Å². The van der Waals surface area contributed by atoms with E-state index in [4.69, 9.17) is 14.2 Å². The third-order valence-electron chi connectivity index (χ3n) is 12.0. The Morgan fingerprint density at radius 1 is 0.304 bits per heavy atom. The van der Waals surface area contributed by atoms with Gasteiger partial charge in [-0.2, -0.15) is 0 Å². The lowest BCUT2D eigenvalue weighted by Crippen LogP contribution is -2.30. The first-order chi connectivity index (χ1) is 34.0. The summed E-state index contributed by atoms with van der Waals surface area (Å²) in [5.41, 5.74) is 0. The van der Waals surface area contributed by atoms with Crippen molar-refractivity contribution in [1.82, 2.24) is 0 Å². The summed E-state index contributed by atoms with van der Waals surface area (Å²) in [5, 5.41) is 0. The van der Waals surface area contributed by atoms with E-state index in [1.165, 1.54) is 96.3 Å². The summed E-state index contributed by atoms with van der Waals surface area (Å²) >= 11 is 0. The van der Waals surface area contributed by atoms with Crippen LogP contribution in [0.25, 0.3) is 0 Å². The van der Waals surface area contributed by atoms with Crippen molar-refractivity contribution in [1.29, 1.82) is 0 Å².